The Balaban J connectivity index is 1.83. The van der Waals surface area contributed by atoms with Crippen molar-refractivity contribution in [3.63, 3.8) is 0 Å². The van der Waals surface area contributed by atoms with E-state index in [1.165, 1.54) is 12.3 Å². The van der Waals surface area contributed by atoms with Crippen LogP contribution in [-0.4, -0.2) is 17.3 Å². The normalized spacial score (nSPS) is 11.4. The highest BCUT2D eigenvalue weighted by atomic mass is 16.5. The van der Waals surface area contributed by atoms with E-state index in [0.717, 1.165) is 0 Å². The minimum atomic E-state index is -0.422. The Labute approximate surface area is 103 Å². The Kier molecular flexibility index (Phi) is 3.70. The maximum absolute atomic E-state index is 11.5. The third kappa shape index (κ3) is 3.18. The summed E-state index contributed by atoms with van der Waals surface area (Å²) in [6.45, 7) is 1.71. The molecule has 0 aromatic carbocycles. The fourth-order valence-corrected chi connectivity index (χ4v) is 1.19. The number of hydrogen-bond donors (Lipinski definition) is 1. The van der Waals surface area contributed by atoms with E-state index in [-0.39, 0.29) is 5.69 Å². The predicted molar refractivity (Wildman–Crippen MR) is 64.9 cm³/mol. The molecule has 0 bridgehead atoms. The van der Waals surface area contributed by atoms with Crippen molar-refractivity contribution in [3.05, 3.63) is 47.8 Å². The highest BCUT2D eigenvalue weighted by Gasteiger charge is 2.08. The van der Waals surface area contributed by atoms with Gasteiger partial charge in [-0.3, -0.25) is 4.79 Å². The second-order valence-corrected chi connectivity index (χ2v) is 3.42. The fourth-order valence-electron chi connectivity index (χ4n) is 1.19. The molecule has 2 aromatic rings. The van der Waals surface area contributed by atoms with Gasteiger partial charge in [-0.15, -0.1) is 0 Å². The van der Waals surface area contributed by atoms with Crippen LogP contribution in [0.4, 0.5) is 0 Å². The molecule has 92 valence electrons. The van der Waals surface area contributed by atoms with Gasteiger partial charge in [-0.25, -0.2) is 5.43 Å². The zero-order valence-corrected chi connectivity index (χ0v) is 9.66. The van der Waals surface area contributed by atoms with Gasteiger partial charge >= 0.3 is 0 Å². The Morgan fingerprint density at radius 2 is 2.44 bits per heavy atom. The average molecular weight is 245 g/mol. The van der Waals surface area contributed by atoms with Crippen LogP contribution in [-0.2, 0) is 0 Å². The fraction of sp³-hybridized carbons (Fsp3) is 0.0833. The number of rotatable bonds is 4. The minimum absolute atomic E-state index is 0.194. The van der Waals surface area contributed by atoms with E-state index >= 15 is 0 Å². The summed E-state index contributed by atoms with van der Waals surface area (Å²) in [5.41, 5.74) is 2.51. The van der Waals surface area contributed by atoms with E-state index in [1.54, 1.807) is 37.5 Å². The van der Waals surface area contributed by atoms with Crippen LogP contribution in [0.3, 0.4) is 0 Å². The van der Waals surface area contributed by atoms with Crippen LogP contribution < -0.4 is 5.43 Å². The Hall–Kier alpha value is -2.63. The Morgan fingerprint density at radius 1 is 1.56 bits per heavy atom. The first kappa shape index (κ1) is 11.8. The maximum Gasteiger partial charge on any atom is 0.293 e. The molecule has 2 heterocycles. The molecule has 0 aliphatic rings. The number of hydrazone groups is 1. The van der Waals surface area contributed by atoms with Gasteiger partial charge in [0.15, 0.2) is 5.69 Å². The summed E-state index contributed by atoms with van der Waals surface area (Å²) in [6, 6.07) is 5.12. The molecular weight excluding hydrogens is 234 g/mol. The highest BCUT2D eigenvalue weighted by Crippen LogP contribution is 2.01. The van der Waals surface area contributed by atoms with Crippen molar-refractivity contribution >= 4 is 18.2 Å². The lowest BCUT2D eigenvalue weighted by molar-refractivity contribution is 0.0946. The summed E-state index contributed by atoms with van der Waals surface area (Å²) in [5.74, 6) is 0.858. The maximum atomic E-state index is 11.5. The van der Waals surface area contributed by atoms with Crippen molar-refractivity contribution in [1.82, 2.24) is 10.6 Å². The molecule has 18 heavy (non-hydrogen) atoms. The van der Waals surface area contributed by atoms with Gasteiger partial charge in [0.1, 0.15) is 11.5 Å². The summed E-state index contributed by atoms with van der Waals surface area (Å²) in [6.07, 6.45) is 6.38. The van der Waals surface area contributed by atoms with Crippen LogP contribution in [0.25, 0.3) is 6.08 Å². The molecule has 0 saturated heterocycles. The Morgan fingerprint density at radius 3 is 3.11 bits per heavy atom. The van der Waals surface area contributed by atoms with E-state index in [4.69, 9.17) is 8.94 Å². The predicted octanol–water partition coefficient (Wildman–Crippen LogP) is 2.01. The van der Waals surface area contributed by atoms with Gasteiger partial charge in [0.25, 0.3) is 5.91 Å². The first-order chi connectivity index (χ1) is 8.75. The smallest absolute Gasteiger partial charge is 0.293 e. The molecule has 2 aromatic heterocycles. The zero-order valence-electron chi connectivity index (χ0n) is 9.66. The molecule has 6 nitrogen and oxygen atoms in total. The van der Waals surface area contributed by atoms with Gasteiger partial charge < -0.3 is 8.94 Å². The molecule has 0 spiro atoms. The van der Waals surface area contributed by atoms with Crippen molar-refractivity contribution in [2.24, 2.45) is 5.10 Å². The van der Waals surface area contributed by atoms with Gasteiger partial charge in [-0.1, -0.05) is 5.16 Å². The SMILES string of the molecule is Cc1cc(C(=O)NN=C/C=C\c2ccco2)no1. The van der Waals surface area contributed by atoms with Crippen molar-refractivity contribution in [2.45, 2.75) is 6.92 Å². The van der Waals surface area contributed by atoms with Gasteiger partial charge in [0, 0.05) is 12.3 Å². The first-order valence-electron chi connectivity index (χ1n) is 5.22. The van der Waals surface area contributed by atoms with Crippen LogP contribution in [0, 0.1) is 6.92 Å². The standard InChI is InChI=1S/C12H11N3O3/c1-9-8-11(15-18-9)12(16)14-13-6-2-4-10-5-3-7-17-10/h2-8H,1H3,(H,14,16)/b4-2-,13-6?. The number of carbonyl (C=O) groups excluding carboxylic acids is 1. The van der Waals surface area contributed by atoms with Crippen LogP contribution in [0.5, 0.6) is 0 Å². The lowest BCUT2D eigenvalue weighted by atomic mass is 10.4. The third-order valence-electron chi connectivity index (χ3n) is 1.99. The number of amides is 1. The van der Waals surface area contributed by atoms with Crippen LogP contribution in [0.1, 0.15) is 22.0 Å². The molecule has 0 aliphatic heterocycles. The van der Waals surface area contributed by atoms with E-state index in [9.17, 15) is 4.79 Å². The van der Waals surface area contributed by atoms with E-state index in [0.29, 0.717) is 11.5 Å². The quantitative estimate of drug-likeness (QED) is 0.659. The van der Waals surface area contributed by atoms with Crippen molar-refractivity contribution in [1.29, 1.82) is 0 Å². The number of furan rings is 1. The second-order valence-electron chi connectivity index (χ2n) is 3.42. The van der Waals surface area contributed by atoms with Crippen LogP contribution in [0.15, 0.2) is 44.6 Å². The zero-order chi connectivity index (χ0) is 12.8. The molecule has 2 rings (SSSR count). The summed E-state index contributed by atoms with van der Waals surface area (Å²) in [5, 5.41) is 7.28. The summed E-state index contributed by atoms with van der Waals surface area (Å²) < 4.78 is 9.85. The first-order valence-corrected chi connectivity index (χ1v) is 5.22. The molecule has 6 heteroatoms. The molecule has 0 aliphatic carbocycles. The number of aromatic nitrogens is 1. The topological polar surface area (TPSA) is 80.6 Å². The number of nitrogens with zero attached hydrogens (tertiary/aromatic N) is 2. The van der Waals surface area contributed by atoms with E-state index < -0.39 is 5.91 Å². The molecule has 0 radical (unpaired) electrons. The third-order valence-corrected chi connectivity index (χ3v) is 1.99. The van der Waals surface area contributed by atoms with E-state index in [1.807, 2.05) is 0 Å². The summed E-state index contributed by atoms with van der Waals surface area (Å²) in [7, 11) is 0. The molecule has 0 unspecified atom stereocenters. The molecule has 1 N–H and O–H groups in total. The van der Waals surface area contributed by atoms with Gasteiger partial charge in [-0.05, 0) is 31.2 Å². The lowest BCUT2D eigenvalue weighted by Crippen LogP contribution is -2.17. The molecule has 0 fully saturated rings. The monoisotopic (exact) mass is 245 g/mol. The highest BCUT2D eigenvalue weighted by molar-refractivity contribution is 5.92. The molecule has 0 atom stereocenters. The largest absolute Gasteiger partial charge is 0.465 e. The van der Waals surface area contributed by atoms with Crippen molar-refractivity contribution in [3.8, 4) is 0 Å². The van der Waals surface area contributed by atoms with Gasteiger partial charge in [0.05, 0.1) is 6.26 Å². The number of allylic oxidation sites excluding steroid dienone is 1. The average Bonchev–Trinajstić information content (AvgIpc) is 2.99. The lowest BCUT2D eigenvalue weighted by Gasteiger charge is -1.91. The number of nitrogens with one attached hydrogen (secondary N) is 1. The number of aryl methyl sites for hydroxylation is 1. The van der Waals surface area contributed by atoms with Crippen LogP contribution in [0.2, 0.25) is 0 Å². The Bertz CT molecular complexity index is 567. The number of hydrogen-bond acceptors (Lipinski definition) is 5. The summed E-state index contributed by atoms with van der Waals surface area (Å²) in [4.78, 5) is 11.5. The molecule has 0 saturated carbocycles. The van der Waals surface area contributed by atoms with Gasteiger partial charge in [-0.2, -0.15) is 5.10 Å². The van der Waals surface area contributed by atoms with Crippen LogP contribution >= 0.6 is 0 Å². The summed E-state index contributed by atoms with van der Waals surface area (Å²) >= 11 is 0. The van der Waals surface area contributed by atoms with Crippen molar-refractivity contribution < 1.29 is 13.7 Å². The van der Waals surface area contributed by atoms with Gasteiger partial charge in [0.2, 0.25) is 0 Å². The molecular formula is C12H11N3O3. The molecule has 1 amide bonds. The van der Waals surface area contributed by atoms with E-state index in [2.05, 4.69) is 15.7 Å². The van der Waals surface area contributed by atoms with Crippen molar-refractivity contribution in [2.75, 3.05) is 0 Å². The number of carbonyl (C=O) groups is 1. The minimum Gasteiger partial charge on any atom is -0.465 e. The second kappa shape index (κ2) is 5.62.